The number of benzene rings is 1. The van der Waals surface area contributed by atoms with E-state index in [1.807, 2.05) is 38.1 Å². The molecule has 6 heteroatoms. The van der Waals surface area contributed by atoms with Crippen LogP contribution in [0.2, 0.25) is 0 Å². The number of anilines is 3. The molecule has 0 unspecified atom stereocenters. The lowest BCUT2D eigenvalue weighted by molar-refractivity contribution is 0.102. The number of carbonyl (C=O) groups is 1. The Bertz CT molecular complexity index is 842. The first kappa shape index (κ1) is 14.8. The Labute approximate surface area is 133 Å². The van der Waals surface area contributed by atoms with Crippen molar-refractivity contribution in [3.8, 4) is 0 Å². The van der Waals surface area contributed by atoms with Gasteiger partial charge in [0.05, 0.1) is 0 Å². The molecule has 2 N–H and O–H groups in total. The van der Waals surface area contributed by atoms with Gasteiger partial charge in [0.1, 0.15) is 11.5 Å². The van der Waals surface area contributed by atoms with Crippen LogP contribution in [0.5, 0.6) is 0 Å². The largest absolute Gasteiger partial charge is 0.360 e. The third-order valence-electron chi connectivity index (χ3n) is 3.17. The third kappa shape index (κ3) is 3.74. The SMILES string of the molecule is Cc1cccc(NC(=O)c2cc(Nc3cc(C)on3)ccn2)c1. The first-order valence-electron chi connectivity index (χ1n) is 7.14. The van der Waals surface area contributed by atoms with Gasteiger partial charge in [0.25, 0.3) is 5.91 Å². The maximum atomic E-state index is 12.3. The number of rotatable bonds is 4. The average molecular weight is 308 g/mol. The van der Waals surface area contributed by atoms with Gasteiger partial charge < -0.3 is 15.2 Å². The molecule has 2 aromatic heterocycles. The van der Waals surface area contributed by atoms with Crippen molar-refractivity contribution >= 4 is 23.1 Å². The van der Waals surface area contributed by atoms with Crippen LogP contribution in [0.25, 0.3) is 0 Å². The highest BCUT2D eigenvalue weighted by Crippen LogP contribution is 2.17. The second-order valence-corrected chi connectivity index (χ2v) is 5.20. The number of nitrogens with one attached hydrogen (secondary N) is 2. The van der Waals surface area contributed by atoms with Gasteiger partial charge in [0.15, 0.2) is 5.82 Å². The zero-order valence-corrected chi connectivity index (χ0v) is 12.8. The number of hydrogen-bond acceptors (Lipinski definition) is 5. The van der Waals surface area contributed by atoms with Gasteiger partial charge in [-0.1, -0.05) is 17.3 Å². The number of carbonyl (C=O) groups excluding carboxylic acids is 1. The van der Waals surface area contributed by atoms with Gasteiger partial charge in [-0.25, -0.2) is 0 Å². The minimum Gasteiger partial charge on any atom is -0.360 e. The van der Waals surface area contributed by atoms with E-state index in [0.717, 1.165) is 11.3 Å². The van der Waals surface area contributed by atoms with E-state index < -0.39 is 0 Å². The number of pyridine rings is 1. The molecule has 3 rings (SSSR count). The van der Waals surface area contributed by atoms with E-state index >= 15 is 0 Å². The molecule has 1 amide bonds. The maximum Gasteiger partial charge on any atom is 0.274 e. The zero-order chi connectivity index (χ0) is 16.2. The summed E-state index contributed by atoms with van der Waals surface area (Å²) in [6, 6.07) is 12.8. The monoisotopic (exact) mass is 308 g/mol. The van der Waals surface area contributed by atoms with E-state index in [1.54, 1.807) is 24.4 Å². The summed E-state index contributed by atoms with van der Waals surface area (Å²) < 4.78 is 5.00. The second kappa shape index (κ2) is 6.31. The summed E-state index contributed by atoms with van der Waals surface area (Å²) in [4.78, 5) is 16.4. The molecule has 0 radical (unpaired) electrons. The topological polar surface area (TPSA) is 80.0 Å². The number of amides is 1. The zero-order valence-electron chi connectivity index (χ0n) is 12.8. The molecule has 0 bridgehead atoms. The standard InChI is InChI=1S/C17H16N4O2/c1-11-4-3-5-13(8-11)20-17(22)15-10-14(6-7-18-15)19-16-9-12(2)23-21-16/h3-10H,1-2H3,(H,20,22)(H,18,19,21). The summed E-state index contributed by atoms with van der Waals surface area (Å²) in [6.45, 7) is 3.78. The highest BCUT2D eigenvalue weighted by atomic mass is 16.5. The van der Waals surface area contributed by atoms with Crippen LogP contribution in [0.1, 0.15) is 21.8 Å². The lowest BCUT2D eigenvalue weighted by atomic mass is 10.2. The fraction of sp³-hybridized carbons (Fsp3) is 0.118. The van der Waals surface area contributed by atoms with Gasteiger partial charge in [-0.3, -0.25) is 9.78 Å². The smallest absolute Gasteiger partial charge is 0.274 e. The third-order valence-corrected chi connectivity index (χ3v) is 3.17. The Morgan fingerprint density at radius 1 is 1.09 bits per heavy atom. The number of aromatic nitrogens is 2. The first-order chi connectivity index (χ1) is 11.1. The average Bonchev–Trinajstić information content (AvgIpc) is 2.92. The molecule has 2 heterocycles. The molecule has 6 nitrogen and oxygen atoms in total. The summed E-state index contributed by atoms with van der Waals surface area (Å²) in [6.07, 6.45) is 1.57. The van der Waals surface area contributed by atoms with Crippen LogP contribution >= 0.6 is 0 Å². The van der Waals surface area contributed by atoms with Gasteiger partial charge in [-0.05, 0) is 43.7 Å². The van der Waals surface area contributed by atoms with Crippen molar-refractivity contribution in [1.82, 2.24) is 10.1 Å². The molecule has 0 aliphatic heterocycles. The van der Waals surface area contributed by atoms with E-state index in [-0.39, 0.29) is 5.91 Å². The molecule has 1 aromatic carbocycles. The molecule has 3 aromatic rings. The fourth-order valence-corrected chi connectivity index (χ4v) is 2.12. The number of nitrogens with zero attached hydrogens (tertiary/aromatic N) is 2. The molecule has 116 valence electrons. The van der Waals surface area contributed by atoms with E-state index in [2.05, 4.69) is 20.8 Å². The van der Waals surface area contributed by atoms with Crippen LogP contribution in [-0.2, 0) is 0 Å². The van der Waals surface area contributed by atoms with Crippen molar-refractivity contribution in [1.29, 1.82) is 0 Å². The Balaban J connectivity index is 1.75. The van der Waals surface area contributed by atoms with Crippen molar-refractivity contribution in [2.75, 3.05) is 10.6 Å². The van der Waals surface area contributed by atoms with E-state index in [9.17, 15) is 4.79 Å². The quantitative estimate of drug-likeness (QED) is 0.768. The van der Waals surface area contributed by atoms with E-state index in [1.165, 1.54) is 0 Å². The highest BCUT2D eigenvalue weighted by molar-refractivity contribution is 6.03. The lowest BCUT2D eigenvalue weighted by Gasteiger charge is -2.07. The number of aryl methyl sites for hydroxylation is 2. The van der Waals surface area contributed by atoms with Crippen molar-refractivity contribution in [3.05, 3.63) is 65.7 Å². The Kier molecular flexibility index (Phi) is 4.05. The molecule has 0 aliphatic carbocycles. The van der Waals surface area contributed by atoms with Gasteiger partial charge in [0.2, 0.25) is 0 Å². The van der Waals surface area contributed by atoms with Crippen LogP contribution in [0.15, 0.2) is 53.2 Å². The number of hydrogen-bond donors (Lipinski definition) is 2. The van der Waals surface area contributed by atoms with Crippen molar-refractivity contribution in [2.45, 2.75) is 13.8 Å². The van der Waals surface area contributed by atoms with Gasteiger partial charge in [-0.15, -0.1) is 0 Å². The maximum absolute atomic E-state index is 12.3. The summed E-state index contributed by atoms with van der Waals surface area (Å²) in [5.74, 6) is 1.02. The molecule has 23 heavy (non-hydrogen) atoms. The summed E-state index contributed by atoms with van der Waals surface area (Å²) in [5, 5.41) is 9.75. The van der Waals surface area contributed by atoms with Crippen LogP contribution in [0.3, 0.4) is 0 Å². The lowest BCUT2D eigenvalue weighted by Crippen LogP contribution is -2.13. The molecular formula is C17H16N4O2. The predicted molar refractivity (Wildman–Crippen MR) is 87.9 cm³/mol. The molecule has 0 spiro atoms. The second-order valence-electron chi connectivity index (χ2n) is 5.20. The Hall–Kier alpha value is -3.15. The molecule has 0 atom stereocenters. The molecule has 0 saturated carbocycles. The normalized spacial score (nSPS) is 10.3. The van der Waals surface area contributed by atoms with Crippen molar-refractivity contribution in [2.24, 2.45) is 0 Å². The first-order valence-corrected chi connectivity index (χ1v) is 7.14. The molecule has 0 aliphatic rings. The van der Waals surface area contributed by atoms with Crippen LogP contribution < -0.4 is 10.6 Å². The van der Waals surface area contributed by atoms with Gasteiger partial charge in [0, 0.05) is 23.6 Å². The van der Waals surface area contributed by atoms with Crippen molar-refractivity contribution in [3.63, 3.8) is 0 Å². The summed E-state index contributed by atoms with van der Waals surface area (Å²) in [7, 11) is 0. The van der Waals surface area contributed by atoms with Crippen molar-refractivity contribution < 1.29 is 9.32 Å². The Morgan fingerprint density at radius 3 is 2.70 bits per heavy atom. The van der Waals surface area contributed by atoms with E-state index in [0.29, 0.717) is 23.0 Å². The summed E-state index contributed by atoms with van der Waals surface area (Å²) in [5.41, 5.74) is 2.84. The van der Waals surface area contributed by atoms with Gasteiger partial charge in [-0.2, -0.15) is 0 Å². The van der Waals surface area contributed by atoms with Crippen LogP contribution in [-0.4, -0.2) is 16.0 Å². The minimum atomic E-state index is -0.268. The molecule has 0 fully saturated rings. The van der Waals surface area contributed by atoms with Gasteiger partial charge >= 0.3 is 0 Å². The predicted octanol–water partition coefficient (Wildman–Crippen LogP) is 3.68. The van der Waals surface area contributed by atoms with E-state index in [4.69, 9.17) is 4.52 Å². The van der Waals surface area contributed by atoms with Crippen LogP contribution in [0.4, 0.5) is 17.2 Å². The highest BCUT2D eigenvalue weighted by Gasteiger charge is 2.09. The summed E-state index contributed by atoms with van der Waals surface area (Å²) >= 11 is 0. The molecular weight excluding hydrogens is 292 g/mol. The van der Waals surface area contributed by atoms with Crippen LogP contribution in [0, 0.1) is 13.8 Å². The fourth-order valence-electron chi connectivity index (χ4n) is 2.12. The minimum absolute atomic E-state index is 0.268. The molecule has 0 saturated heterocycles. The Morgan fingerprint density at radius 2 is 1.96 bits per heavy atom.